The standard InChI is InChI=1S/C12H22O4/c1-3-5-6-7-8-16-9-11(14)12(15)10(13)4-2/h4,11-12,14-15H,2-3,5-9H2,1H3. The molecule has 0 saturated carbocycles. The van der Waals surface area contributed by atoms with Crippen molar-refractivity contribution in [3.05, 3.63) is 12.7 Å². The molecule has 2 N–H and O–H groups in total. The van der Waals surface area contributed by atoms with Crippen LogP contribution in [0.2, 0.25) is 0 Å². The second-order valence-corrected chi connectivity index (χ2v) is 3.75. The lowest BCUT2D eigenvalue weighted by molar-refractivity contribution is -0.130. The van der Waals surface area contributed by atoms with Crippen LogP contribution in [-0.2, 0) is 9.53 Å². The van der Waals surface area contributed by atoms with E-state index >= 15 is 0 Å². The van der Waals surface area contributed by atoms with Gasteiger partial charge in [0.15, 0.2) is 5.78 Å². The Morgan fingerprint density at radius 2 is 2.06 bits per heavy atom. The quantitative estimate of drug-likeness (QED) is 0.435. The fraction of sp³-hybridized carbons (Fsp3) is 0.750. The van der Waals surface area contributed by atoms with Gasteiger partial charge in [0.05, 0.1) is 6.61 Å². The molecule has 0 radical (unpaired) electrons. The van der Waals surface area contributed by atoms with Crippen molar-refractivity contribution in [3.8, 4) is 0 Å². The zero-order chi connectivity index (χ0) is 12.4. The minimum atomic E-state index is -1.42. The van der Waals surface area contributed by atoms with Gasteiger partial charge in [-0.2, -0.15) is 0 Å². The average molecular weight is 230 g/mol. The molecular weight excluding hydrogens is 208 g/mol. The van der Waals surface area contributed by atoms with Crippen molar-refractivity contribution >= 4 is 5.78 Å². The molecule has 0 aromatic carbocycles. The highest BCUT2D eigenvalue weighted by molar-refractivity contribution is 5.93. The molecular formula is C12H22O4. The molecule has 0 saturated heterocycles. The number of carbonyl (C=O) groups is 1. The minimum Gasteiger partial charge on any atom is -0.388 e. The van der Waals surface area contributed by atoms with Crippen LogP contribution in [0, 0.1) is 0 Å². The lowest BCUT2D eigenvalue weighted by Crippen LogP contribution is -2.36. The van der Waals surface area contributed by atoms with Crippen LogP contribution in [0.15, 0.2) is 12.7 Å². The van der Waals surface area contributed by atoms with Crippen molar-refractivity contribution in [1.29, 1.82) is 0 Å². The normalized spacial score (nSPS) is 14.4. The van der Waals surface area contributed by atoms with Crippen LogP contribution in [0.3, 0.4) is 0 Å². The summed E-state index contributed by atoms with van der Waals surface area (Å²) in [4.78, 5) is 10.9. The molecule has 0 aliphatic carbocycles. The first-order valence-corrected chi connectivity index (χ1v) is 5.73. The molecule has 16 heavy (non-hydrogen) atoms. The van der Waals surface area contributed by atoms with Gasteiger partial charge in [0.2, 0.25) is 0 Å². The van der Waals surface area contributed by atoms with Crippen molar-refractivity contribution < 1.29 is 19.7 Å². The Balaban J connectivity index is 3.53. The van der Waals surface area contributed by atoms with Crippen molar-refractivity contribution in [2.75, 3.05) is 13.2 Å². The fourth-order valence-corrected chi connectivity index (χ4v) is 1.24. The topological polar surface area (TPSA) is 66.8 Å². The summed E-state index contributed by atoms with van der Waals surface area (Å²) in [6, 6.07) is 0. The van der Waals surface area contributed by atoms with E-state index in [1.54, 1.807) is 0 Å². The molecule has 2 atom stereocenters. The predicted molar refractivity (Wildman–Crippen MR) is 62.2 cm³/mol. The van der Waals surface area contributed by atoms with E-state index in [9.17, 15) is 15.0 Å². The molecule has 0 aliphatic heterocycles. The van der Waals surface area contributed by atoms with E-state index in [0.717, 1.165) is 25.3 Å². The maximum absolute atomic E-state index is 10.9. The molecule has 0 bridgehead atoms. The van der Waals surface area contributed by atoms with Gasteiger partial charge in [0.1, 0.15) is 12.2 Å². The molecule has 4 nitrogen and oxygen atoms in total. The zero-order valence-electron chi connectivity index (χ0n) is 9.89. The van der Waals surface area contributed by atoms with Gasteiger partial charge in [-0.25, -0.2) is 0 Å². The zero-order valence-corrected chi connectivity index (χ0v) is 9.89. The lowest BCUT2D eigenvalue weighted by Gasteiger charge is -2.15. The number of carbonyl (C=O) groups excluding carboxylic acids is 1. The molecule has 0 aliphatic rings. The third-order valence-corrected chi connectivity index (χ3v) is 2.29. The van der Waals surface area contributed by atoms with Crippen LogP contribution in [-0.4, -0.2) is 41.4 Å². The summed E-state index contributed by atoms with van der Waals surface area (Å²) in [5.74, 6) is -0.581. The van der Waals surface area contributed by atoms with Crippen LogP contribution in [0.25, 0.3) is 0 Å². The summed E-state index contributed by atoms with van der Waals surface area (Å²) in [6.07, 6.45) is 2.77. The van der Waals surface area contributed by atoms with Crippen LogP contribution in [0.1, 0.15) is 32.6 Å². The molecule has 94 valence electrons. The largest absolute Gasteiger partial charge is 0.388 e. The second kappa shape index (κ2) is 9.51. The van der Waals surface area contributed by atoms with Gasteiger partial charge in [-0.1, -0.05) is 32.8 Å². The Hall–Kier alpha value is -0.710. The molecule has 0 aromatic rings. The summed E-state index contributed by atoms with van der Waals surface area (Å²) in [7, 11) is 0. The Kier molecular flexibility index (Phi) is 9.09. The van der Waals surface area contributed by atoms with E-state index in [0.29, 0.717) is 6.61 Å². The molecule has 0 fully saturated rings. The van der Waals surface area contributed by atoms with E-state index < -0.39 is 18.0 Å². The van der Waals surface area contributed by atoms with E-state index in [1.807, 2.05) is 0 Å². The molecule has 0 heterocycles. The number of rotatable bonds is 10. The molecule has 0 amide bonds. The Morgan fingerprint density at radius 1 is 1.38 bits per heavy atom. The van der Waals surface area contributed by atoms with Gasteiger partial charge in [-0.15, -0.1) is 0 Å². The summed E-state index contributed by atoms with van der Waals surface area (Å²) in [6.45, 7) is 5.89. The van der Waals surface area contributed by atoms with Gasteiger partial charge in [-0.3, -0.25) is 4.79 Å². The SMILES string of the molecule is C=CC(=O)C(O)C(O)COCCCCCC. The maximum atomic E-state index is 10.9. The summed E-state index contributed by atoms with van der Waals surface area (Å²) in [5, 5.41) is 18.7. The van der Waals surface area contributed by atoms with E-state index in [2.05, 4.69) is 13.5 Å². The minimum absolute atomic E-state index is 0.0210. The van der Waals surface area contributed by atoms with E-state index in [-0.39, 0.29) is 6.61 Å². The van der Waals surface area contributed by atoms with Gasteiger partial charge in [0.25, 0.3) is 0 Å². The molecule has 4 heteroatoms. The smallest absolute Gasteiger partial charge is 0.186 e. The predicted octanol–water partition coefficient (Wildman–Crippen LogP) is 1.06. The van der Waals surface area contributed by atoms with Crippen molar-refractivity contribution in [3.63, 3.8) is 0 Å². The van der Waals surface area contributed by atoms with Crippen molar-refractivity contribution in [2.45, 2.75) is 44.8 Å². The third kappa shape index (κ3) is 6.71. The summed E-state index contributed by atoms with van der Waals surface area (Å²) < 4.78 is 5.16. The van der Waals surface area contributed by atoms with Crippen molar-refractivity contribution in [1.82, 2.24) is 0 Å². The molecule has 2 unspecified atom stereocenters. The maximum Gasteiger partial charge on any atom is 0.186 e. The number of unbranched alkanes of at least 4 members (excludes halogenated alkanes) is 3. The number of ether oxygens (including phenoxy) is 1. The Morgan fingerprint density at radius 3 is 2.62 bits per heavy atom. The first-order valence-electron chi connectivity index (χ1n) is 5.73. The van der Waals surface area contributed by atoms with Gasteiger partial charge in [-0.05, 0) is 12.5 Å². The molecule has 0 spiro atoms. The van der Waals surface area contributed by atoms with Crippen molar-refractivity contribution in [2.24, 2.45) is 0 Å². The second-order valence-electron chi connectivity index (χ2n) is 3.75. The highest BCUT2D eigenvalue weighted by atomic mass is 16.5. The first kappa shape index (κ1) is 15.3. The Labute approximate surface area is 96.9 Å². The Bertz CT molecular complexity index is 203. The van der Waals surface area contributed by atoms with Gasteiger partial charge in [0, 0.05) is 6.61 Å². The molecule has 0 rings (SSSR count). The van der Waals surface area contributed by atoms with Gasteiger partial charge < -0.3 is 14.9 Å². The van der Waals surface area contributed by atoms with E-state index in [4.69, 9.17) is 4.74 Å². The van der Waals surface area contributed by atoms with E-state index in [1.165, 1.54) is 6.42 Å². The highest BCUT2D eigenvalue weighted by Crippen LogP contribution is 2.01. The highest BCUT2D eigenvalue weighted by Gasteiger charge is 2.21. The summed E-state index contributed by atoms with van der Waals surface area (Å²) in [5.41, 5.74) is 0. The third-order valence-electron chi connectivity index (χ3n) is 2.29. The lowest BCUT2D eigenvalue weighted by atomic mass is 10.1. The fourth-order valence-electron chi connectivity index (χ4n) is 1.24. The average Bonchev–Trinajstić information content (AvgIpc) is 2.31. The number of aliphatic hydroxyl groups is 2. The first-order chi connectivity index (χ1) is 7.63. The number of hydrogen-bond donors (Lipinski definition) is 2. The van der Waals surface area contributed by atoms with Crippen LogP contribution >= 0.6 is 0 Å². The number of hydrogen-bond acceptors (Lipinski definition) is 4. The number of ketones is 1. The van der Waals surface area contributed by atoms with Crippen LogP contribution in [0.4, 0.5) is 0 Å². The monoisotopic (exact) mass is 230 g/mol. The summed E-state index contributed by atoms with van der Waals surface area (Å²) >= 11 is 0. The van der Waals surface area contributed by atoms with Crippen LogP contribution < -0.4 is 0 Å². The molecule has 0 aromatic heterocycles. The number of aliphatic hydroxyl groups excluding tert-OH is 2. The van der Waals surface area contributed by atoms with Gasteiger partial charge >= 0.3 is 0 Å². The van der Waals surface area contributed by atoms with Crippen LogP contribution in [0.5, 0.6) is 0 Å².